The van der Waals surface area contributed by atoms with Crippen molar-refractivity contribution in [3.05, 3.63) is 44.4 Å². The van der Waals surface area contributed by atoms with Crippen LogP contribution < -0.4 is 11.2 Å². The zero-order valence-electron chi connectivity index (χ0n) is 14.3. The standard InChI is InChI=1S/C16H16N6O4S/c23-12(5-21-9-17-10-1-4-27-13(10)14(21)24)20-3-2-16(7-20)8-22-11(6-26-16)18-19-15(22)25/h1,4,9H,2-3,5-8H2,(H,19,25). The van der Waals surface area contributed by atoms with E-state index in [2.05, 4.69) is 15.2 Å². The second-order valence-corrected chi connectivity index (χ2v) is 7.80. The average molecular weight is 388 g/mol. The van der Waals surface area contributed by atoms with Crippen LogP contribution in [0.2, 0.25) is 0 Å². The number of hydrogen-bond donors (Lipinski definition) is 1. The first kappa shape index (κ1) is 16.4. The molecule has 1 atom stereocenters. The highest BCUT2D eigenvalue weighted by Gasteiger charge is 2.44. The number of carbonyl (C=O) groups is 1. The first-order chi connectivity index (χ1) is 13.0. The molecule has 10 nitrogen and oxygen atoms in total. The highest BCUT2D eigenvalue weighted by atomic mass is 32.1. The number of fused-ring (bicyclic) bond motifs is 2. The molecule has 1 saturated heterocycles. The highest BCUT2D eigenvalue weighted by molar-refractivity contribution is 7.17. The van der Waals surface area contributed by atoms with Crippen molar-refractivity contribution < 1.29 is 9.53 Å². The van der Waals surface area contributed by atoms with Gasteiger partial charge >= 0.3 is 5.69 Å². The molecule has 3 aromatic heterocycles. The second kappa shape index (κ2) is 5.86. The Kier molecular flexibility index (Phi) is 3.56. The zero-order valence-corrected chi connectivity index (χ0v) is 15.1. The van der Waals surface area contributed by atoms with E-state index in [0.717, 1.165) is 0 Å². The van der Waals surface area contributed by atoms with Crippen molar-refractivity contribution in [2.45, 2.75) is 31.7 Å². The molecule has 140 valence electrons. The van der Waals surface area contributed by atoms with Crippen LogP contribution in [0, 0.1) is 0 Å². The molecule has 1 N–H and O–H groups in total. The lowest BCUT2D eigenvalue weighted by Crippen LogP contribution is -2.47. The quantitative estimate of drug-likeness (QED) is 0.636. The van der Waals surface area contributed by atoms with E-state index >= 15 is 0 Å². The third kappa shape index (κ3) is 2.61. The minimum absolute atomic E-state index is 0.0628. The van der Waals surface area contributed by atoms with E-state index in [-0.39, 0.29) is 30.3 Å². The first-order valence-electron chi connectivity index (χ1n) is 8.53. The Labute approximate surface area is 156 Å². The molecule has 11 heteroatoms. The molecule has 1 fully saturated rings. The predicted octanol–water partition coefficient (Wildman–Crippen LogP) is -0.456. The topological polar surface area (TPSA) is 115 Å². The van der Waals surface area contributed by atoms with Gasteiger partial charge in [0, 0.05) is 6.54 Å². The molecule has 5 heterocycles. The van der Waals surface area contributed by atoms with E-state index in [9.17, 15) is 14.4 Å². The third-order valence-corrected chi connectivity index (χ3v) is 6.09. The number of likely N-dealkylation sites (tertiary alicyclic amines) is 1. The Morgan fingerprint density at radius 3 is 3.15 bits per heavy atom. The molecule has 0 saturated carbocycles. The molecule has 0 bridgehead atoms. The van der Waals surface area contributed by atoms with E-state index < -0.39 is 5.60 Å². The molecule has 1 amide bonds. The Hall–Kier alpha value is -2.79. The number of aromatic amines is 1. The van der Waals surface area contributed by atoms with E-state index in [1.54, 1.807) is 15.5 Å². The number of rotatable bonds is 2. The minimum Gasteiger partial charge on any atom is -0.363 e. The molecule has 0 aliphatic carbocycles. The lowest BCUT2D eigenvalue weighted by molar-refractivity contribution is -0.134. The summed E-state index contributed by atoms with van der Waals surface area (Å²) in [6.07, 6.45) is 2.04. The van der Waals surface area contributed by atoms with Crippen LogP contribution in [0.3, 0.4) is 0 Å². The summed E-state index contributed by atoms with van der Waals surface area (Å²) in [7, 11) is 0. The van der Waals surface area contributed by atoms with Gasteiger partial charge in [0.1, 0.15) is 23.5 Å². The van der Waals surface area contributed by atoms with Crippen molar-refractivity contribution in [2.75, 3.05) is 13.1 Å². The van der Waals surface area contributed by atoms with Gasteiger partial charge in [-0.05, 0) is 17.9 Å². The molecule has 5 rings (SSSR count). The van der Waals surface area contributed by atoms with E-state index in [1.165, 1.54) is 22.2 Å². The number of thiophene rings is 1. The Bertz CT molecular complexity index is 1160. The van der Waals surface area contributed by atoms with Gasteiger partial charge in [0.15, 0.2) is 5.82 Å². The number of amides is 1. The van der Waals surface area contributed by atoms with Crippen LogP contribution in [-0.4, -0.2) is 53.8 Å². The van der Waals surface area contributed by atoms with Gasteiger partial charge in [-0.15, -0.1) is 11.3 Å². The second-order valence-electron chi connectivity index (χ2n) is 6.88. The van der Waals surface area contributed by atoms with Crippen molar-refractivity contribution in [3.8, 4) is 0 Å². The van der Waals surface area contributed by atoms with Crippen LogP contribution in [0.15, 0.2) is 27.4 Å². The van der Waals surface area contributed by atoms with Crippen molar-refractivity contribution >= 4 is 27.5 Å². The average Bonchev–Trinajstić information content (AvgIpc) is 3.38. The monoisotopic (exact) mass is 388 g/mol. The fourth-order valence-electron chi connectivity index (χ4n) is 3.72. The van der Waals surface area contributed by atoms with Gasteiger partial charge in [-0.1, -0.05) is 0 Å². The van der Waals surface area contributed by atoms with Gasteiger partial charge < -0.3 is 9.64 Å². The van der Waals surface area contributed by atoms with E-state index in [1.807, 2.05) is 5.38 Å². The normalized spacial score (nSPS) is 21.9. The molecule has 1 unspecified atom stereocenters. The Morgan fingerprint density at radius 2 is 2.26 bits per heavy atom. The summed E-state index contributed by atoms with van der Waals surface area (Å²) in [5, 5.41) is 8.16. The number of hydrogen-bond acceptors (Lipinski definition) is 7. The van der Waals surface area contributed by atoms with E-state index in [0.29, 0.717) is 42.1 Å². The molecule has 27 heavy (non-hydrogen) atoms. The van der Waals surface area contributed by atoms with Crippen LogP contribution in [0.25, 0.3) is 10.2 Å². The molecule has 1 spiro atoms. The van der Waals surface area contributed by atoms with Gasteiger partial charge in [0.2, 0.25) is 5.91 Å². The van der Waals surface area contributed by atoms with Gasteiger partial charge in [0.25, 0.3) is 5.56 Å². The van der Waals surface area contributed by atoms with Gasteiger partial charge in [-0.25, -0.2) is 14.9 Å². The minimum atomic E-state index is -0.586. The van der Waals surface area contributed by atoms with Crippen LogP contribution in [0.4, 0.5) is 0 Å². The van der Waals surface area contributed by atoms with Crippen LogP contribution in [0.1, 0.15) is 12.2 Å². The summed E-state index contributed by atoms with van der Waals surface area (Å²) < 4.78 is 9.41. The summed E-state index contributed by atoms with van der Waals surface area (Å²) in [6.45, 7) is 1.44. The number of nitrogens with zero attached hydrogens (tertiary/aromatic N) is 5. The lowest BCUT2D eigenvalue weighted by atomic mass is 10.0. The smallest absolute Gasteiger partial charge is 0.343 e. The number of carbonyl (C=O) groups excluding carboxylic acids is 1. The summed E-state index contributed by atoms with van der Waals surface area (Å²) in [5.41, 5.74) is -0.414. The summed E-state index contributed by atoms with van der Waals surface area (Å²) in [5.74, 6) is 0.401. The largest absolute Gasteiger partial charge is 0.363 e. The lowest BCUT2D eigenvalue weighted by Gasteiger charge is -2.33. The van der Waals surface area contributed by atoms with Gasteiger partial charge in [-0.3, -0.25) is 18.7 Å². The van der Waals surface area contributed by atoms with Gasteiger partial charge in [-0.2, -0.15) is 5.10 Å². The van der Waals surface area contributed by atoms with Crippen molar-refractivity contribution in [3.63, 3.8) is 0 Å². The molecule has 2 aliphatic rings. The Morgan fingerprint density at radius 1 is 1.37 bits per heavy atom. The number of ether oxygens (including phenoxy) is 1. The molecule has 3 aromatic rings. The van der Waals surface area contributed by atoms with Gasteiger partial charge in [0.05, 0.1) is 24.9 Å². The summed E-state index contributed by atoms with van der Waals surface area (Å²) in [4.78, 5) is 43.0. The molecular weight excluding hydrogens is 372 g/mol. The van der Waals surface area contributed by atoms with Crippen molar-refractivity contribution in [2.24, 2.45) is 0 Å². The maximum absolute atomic E-state index is 12.7. The number of aromatic nitrogens is 5. The first-order valence-corrected chi connectivity index (χ1v) is 9.41. The van der Waals surface area contributed by atoms with Crippen LogP contribution >= 0.6 is 11.3 Å². The Balaban J connectivity index is 1.33. The van der Waals surface area contributed by atoms with E-state index in [4.69, 9.17) is 4.74 Å². The third-order valence-electron chi connectivity index (χ3n) is 5.20. The van der Waals surface area contributed by atoms with Crippen molar-refractivity contribution in [1.82, 2.24) is 29.2 Å². The predicted molar refractivity (Wildman–Crippen MR) is 95.4 cm³/mol. The maximum atomic E-state index is 12.7. The van der Waals surface area contributed by atoms with Crippen LogP contribution in [0.5, 0.6) is 0 Å². The summed E-state index contributed by atoms with van der Waals surface area (Å²) >= 11 is 1.32. The highest BCUT2D eigenvalue weighted by Crippen LogP contribution is 2.31. The zero-order chi connectivity index (χ0) is 18.6. The molecule has 0 aromatic carbocycles. The molecular formula is C16H16N6O4S. The number of nitrogens with one attached hydrogen (secondary N) is 1. The maximum Gasteiger partial charge on any atom is 0.343 e. The summed E-state index contributed by atoms with van der Waals surface area (Å²) in [6, 6.07) is 1.78. The fraction of sp³-hybridized carbons (Fsp3) is 0.438. The van der Waals surface area contributed by atoms with Crippen LogP contribution in [-0.2, 0) is 29.2 Å². The fourth-order valence-corrected chi connectivity index (χ4v) is 4.51. The number of H-pyrrole nitrogens is 1. The molecule has 0 radical (unpaired) electrons. The molecule has 2 aliphatic heterocycles. The van der Waals surface area contributed by atoms with Crippen molar-refractivity contribution in [1.29, 1.82) is 0 Å². The SMILES string of the molecule is O=C(Cn1cnc2ccsc2c1=O)N1CCC2(C1)Cn1c(n[nH]c1=O)CO2.